The molecular formula is C37H49N5O5. The minimum atomic E-state index is -0.334. The fourth-order valence-electron chi connectivity index (χ4n) is 5.79. The molecule has 10 nitrogen and oxygen atoms in total. The molecule has 0 spiro atoms. The van der Waals surface area contributed by atoms with Gasteiger partial charge in [-0.25, -0.2) is 0 Å². The summed E-state index contributed by atoms with van der Waals surface area (Å²) in [5, 5.41) is 15.7. The molecule has 47 heavy (non-hydrogen) atoms. The number of unbranched alkanes of at least 4 members (excludes halogenated alkanes) is 2. The van der Waals surface area contributed by atoms with E-state index in [4.69, 9.17) is 10.5 Å². The van der Waals surface area contributed by atoms with Gasteiger partial charge in [-0.3, -0.25) is 19.3 Å². The van der Waals surface area contributed by atoms with Gasteiger partial charge in [0, 0.05) is 49.6 Å². The Morgan fingerprint density at radius 1 is 1.00 bits per heavy atom. The van der Waals surface area contributed by atoms with Crippen LogP contribution in [0, 0.1) is 5.92 Å². The van der Waals surface area contributed by atoms with E-state index >= 15 is 0 Å². The highest BCUT2D eigenvalue weighted by atomic mass is 16.5. The van der Waals surface area contributed by atoms with Crippen LogP contribution in [0.15, 0.2) is 72.8 Å². The molecule has 1 heterocycles. The first-order valence-electron chi connectivity index (χ1n) is 16.5. The first kappa shape index (κ1) is 35.4. The Morgan fingerprint density at radius 2 is 1.68 bits per heavy atom. The van der Waals surface area contributed by atoms with Crippen molar-refractivity contribution in [2.24, 2.45) is 5.92 Å². The molecule has 3 aromatic carbocycles. The molecule has 0 saturated heterocycles. The molecule has 0 bridgehead atoms. The predicted molar refractivity (Wildman–Crippen MR) is 186 cm³/mol. The second-order valence-electron chi connectivity index (χ2n) is 12.6. The summed E-state index contributed by atoms with van der Waals surface area (Å²) in [6.45, 7) is 5.67. The first-order valence-corrected chi connectivity index (χ1v) is 16.5. The van der Waals surface area contributed by atoms with Crippen molar-refractivity contribution in [3.8, 4) is 5.75 Å². The molecule has 0 radical (unpaired) electrons. The summed E-state index contributed by atoms with van der Waals surface area (Å²) in [5.41, 5.74) is 9.51. The number of para-hydroxylation sites is 2. The highest BCUT2D eigenvalue weighted by molar-refractivity contribution is 5.94. The van der Waals surface area contributed by atoms with Gasteiger partial charge < -0.3 is 31.1 Å². The Balaban J connectivity index is 1.36. The fourth-order valence-corrected chi connectivity index (χ4v) is 5.79. The summed E-state index contributed by atoms with van der Waals surface area (Å²) in [6.07, 6.45) is 2.58. The van der Waals surface area contributed by atoms with Crippen LogP contribution in [0.3, 0.4) is 0 Å². The van der Waals surface area contributed by atoms with Crippen LogP contribution in [-0.4, -0.2) is 71.5 Å². The standard InChI is InChI=1S/C37H49N5O5/c1-26-22-42(27(2)25-43)37(46)21-29-20-30(18-19-33(29)47-34(26)24-41(3)23-28-12-6-4-7-13-28)39-35(44)16-8-5-9-17-36(45)40-32-15-11-10-14-31(32)38/h4,6-7,10-15,18-20,26-27,34,43H,5,8-9,16-17,21-25,38H2,1-3H3,(H,39,44)(H,40,45)/t26-,27+,34+/m0/s1. The molecule has 0 aliphatic carbocycles. The van der Waals surface area contributed by atoms with E-state index in [9.17, 15) is 19.5 Å². The van der Waals surface area contributed by atoms with Gasteiger partial charge in [-0.2, -0.15) is 0 Å². The topological polar surface area (TPSA) is 137 Å². The number of likely N-dealkylation sites (N-methyl/N-ethyl adjacent to an activating group) is 1. The molecule has 0 saturated carbocycles. The van der Waals surface area contributed by atoms with Crippen molar-refractivity contribution in [2.45, 2.75) is 71.1 Å². The molecule has 3 atom stereocenters. The number of nitrogens with zero attached hydrogens (tertiary/aromatic N) is 2. The molecule has 0 fully saturated rings. The number of fused-ring (bicyclic) bond motifs is 1. The lowest BCUT2D eigenvalue weighted by molar-refractivity contribution is -0.134. The zero-order valence-corrected chi connectivity index (χ0v) is 27.8. The van der Waals surface area contributed by atoms with Crippen LogP contribution in [0.4, 0.5) is 17.1 Å². The molecule has 0 unspecified atom stereocenters. The number of nitrogens with two attached hydrogens (primary N) is 1. The molecule has 10 heteroatoms. The molecule has 3 amide bonds. The number of rotatable bonds is 14. The maximum absolute atomic E-state index is 13.5. The highest BCUT2D eigenvalue weighted by Gasteiger charge is 2.31. The van der Waals surface area contributed by atoms with Gasteiger partial charge in [0.15, 0.2) is 0 Å². The van der Waals surface area contributed by atoms with Gasteiger partial charge in [-0.1, -0.05) is 55.8 Å². The second kappa shape index (κ2) is 17.5. The number of carbonyl (C=O) groups excluding carboxylic acids is 3. The number of nitrogens with one attached hydrogen (secondary N) is 2. The van der Waals surface area contributed by atoms with Crippen LogP contribution in [0.5, 0.6) is 5.75 Å². The SMILES string of the molecule is C[C@H](CO)N1C[C@H](C)[C@@H](CN(C)Cc2ccccc2)Oc2ccc(NC(=O)CCCCCC(=O)Nc3ccccc3N)cc2CC1=O. The average molecular weight is 644 g/mol. The quantitative estimate of drug-likeness (QED) is 0.142. The predicted octanol–water partition coefficient (Wildman–Crippen LogP) is 5.08. The van der Waals surface area contributed by atoms with Gasteiger partial charge in [0.2, 0.25) is 17.7 Å². The van der Waals surface area contributed by atoms with Crippen molar-refractivity contribution < 1.29 is 24.2 Å². The van der Waals surface area contributed by atoms with Crippen molar-refractivity contribution in [3.05, 3.63) is 83.9 Å². The summed E-state index contributed by atoms with van der Waals surface area (Å²) in [4.78, 5) is 42.5. The molecule has 3 aromatic rings. The number of hydrogen-bond acceptors (Lipinski definition) is 7. The van der Waals surface area contributed by atoms with Gasteiger partial charge in [0.05, 0.1) is 30.4 Å². The smallest absolute Gasteiger partial charge is 0.227 e. The number of amides is 3. The molecule has 252 valence electrons. The normalized spacial score (nSPS) is 17.1. The average Bonchev–Trinajstić information content (AvgIpc) is 3.09. The zero-order chi connectivity index (χ0) is 33.8. The van der Waals surface area contributed by atoms with Crippen LogP contribution in [-0.2, 0) is 27.3 Å². The maximum Gasteiger partial charge on any atom is 0.227 e. The molecule has 4 rings (SSSR count). The van der Waals surface area contributed by atoms with Crippen molar-refractivity contribution in [1.82, 2.24) is 9.80 Å². The Bertz CT molecular complexity index is 1480. The largest absolute Gasteiger partial charge is 0.488 e. The summed E-state index contributed by atoms with van der Waals surface area (Å²) in [6, 6.07) is 22.5. The summed E-state index contributed by atoms with van der Waals surface area (Å²) >= 11 is 0. The van der Waals surface area contributed by atoms with E-state index in [1.165, 1.54) is 5.56 Å². The second-order valence-corrected chi connectivity index (χ2v) is 12.6. The van der Waals surface area contributed by atoms with E-state index < -0.39 is 0 Å². The number of aliphatic hydroxyl groups excluding tert-OH is 1. The molecule has 5 N–H and O–H groups in total. The lowest BCUT2D eigenvalue weighted by atomic mass is 10.0. The number of benzene rings is 3. The monoisotopic (exact) mass is 643 g/mol. The van der Waals surface area contributed by atoms with Crippen molar-refractivity contribution in [3.63, 3.8) is 0 Å². The lowest BCUT2D eigenvalue weighted by Gasteiger charge is -2.34. The summed E-state index contributed by atoms with van der Waals surface area (Å²) < 4.78 is 6.63. The number of anilines is 3. The van der Waals surface area contributed by atoms with E-state index in [1.807, 2.05) is 55.5 Å². The molecular weight excluding hydrogens is 594 g/mol. The Hall–Kier alpha value is -4.41. The van der Waals surface area contributed by atoms with E-state index in [0.717, 1.165) is 13.0 Å². The third kappa shape index (κ3) is 10.8. The highest BCUT2D eigenvalue weighted by Crippen LogP contribution is 2.29. The Labute approximate surface area is 278 Å². The summed E-state index contributed by atoms with van der Waals surface area (Å²) in [5.74, 6) is 0.289. The van der Waals surface area contributed by atoms with Crippen molar-refractivity contribution >= 4 is 34.8 Å². The van der Waals surface area contributed by atoms with E-state index in [0.29, 0.717) is 67.1 Å². The van der Waals surface area contributed by atoms with Crippen molar-refractivity contribution in [1.29, 1.82) is 0 Å². The van der Waals surface area contributed by atoms with Gasteiger partial charge in [0.25, 0.3) is 0 Å². The number of aliphatic hydroxyl groups is 1. The fraction of sp³-hybridized carbons (Fsp3) is 0.432. The molecule has 0 aromatic heterocycles. The van der Waals surface area contributed by atoms with Crippen LogP contribution in [0.1, 0.15) is 57.1 Å². The van der Waals surface area contributed by atoms with E-state index in [1.54, 1.807) is 17.0 Å². The number of carbonyl (C=O) groups is 3. The first-order chi connectivity index (χ1) is 22.6. The number of ether oxygens (including phenoxy) is 1. The number of hydrogen-bond donors (Lipinski definition) is 4. The zero-order valence-electron chi connectivity index (χ0n) is 27.8. The van der Waals surface area contributed by atoms with Crippen molar-refractivity contribution in [2.75, 3.05) is 43.1 Å². The van der Waals surface area contributed by atoms with Crippen LogP contribution >= 0.6 is 0 Å². The van der Waals surface area contributed by atoms with Gasteiger partial charge in [0.1, 0.15) is 11.9 Å². The minimum absolute atomic E-state index is 0.000880. The third-order valence-corrected chi connectivity index (χ3v) is 8.53. The van der Waals surface area contributed by atoms with Crippen LogP contribution in [0.2, 0.25) is 0 Å². The van der Waals surface area contributed by atoms with Gasteiger partial charge in [-0.15, -0.1) is 0 Å². The summed E-state index contributed by atoms with van der Waals surface area (Å²) in [7, 11) is 2.06. The van der Waals surface area contributed by atoms with Crippen LogP contribution in [0.25, 0.3) is 0 Å². The third-order valence-electron chi connectivity index (χ3n) is 8.53. The van der Waals surface area contributed by atoms with E-state index in [2.05, 4.69) is 41.6 Å². The Kier molecular flexibility index (Phi) is 13.2. The van der Waals surface area contributed by atoms with Gasteiger partial charge in [-0.05, 0) is 62.7 Å². The van der Waals surface area contributed by atoms with E-state index in [-0.39, 0.29) is 48.8 Å². The number of nitrogen functional groups attached to an aromatic ring is 1. The molecule has 1 aliphatic heterocycles. The minimum Gasteiger partial charge on any atom is -0.488 e. The molecule has 1 aliphatic rings. The van der Waals surface area contributed by atoms with Crippen LogP contribution < -0.4 is 21.1 Å². The lowest BCUT2D eigenvalue weighted by Crippen LogP contribution is -2.47. The van der Waals surface area contributed by atoms with Gasteiger partial charge >= 0.3 is 0 Å². The Morgan fingerprint density at radius 3 is 2.38 bits per heavy atom. The maximum atomic E-state index is 13.5.